The fourth-order valence-corrected chi connectivity index (χ4v) is 2.49. The average molecular weight is 371 g/mol. The second-order valence-electron chi connectivity index (χ2n) is 7.14. The number of hydrogen-bond donors (Lipinski definition) is 2. The van der Waals surface area contributed by atoms with Gasteiger partial charge in [-0.2, -0.15) is 0 Å². The van der Waals surface area contributed by atoms with Crippen molar-refractivity contribution in [2.24, 2.45) is 0 Å². The van der Waals surface area contributed by atoms with E-state index in [9.17, 15) is 14.7 Å². The van der Waals surface area contributed by atoms with E-state index < -0.39 is 17.7 Å². The number of rotatable bonds is 6. The van der Waals surface area contributed by atoms with Gasteiger partial charge in [-0.25, -0.2) is 9.59 Å². The van der Waals surface area contributed by atoms with E-state index in [0.717, 1.165) is 16.7 Å². The lowest BCUT2D eigenvalue weighted by molar-refractivity contribution is 0.0520. The topological polar surface area (TPSA) is 84.9 Å². The molecule has 0 aromatic heterocycles. The van der Waals surface area contributed by atoms with Crippen LogP contribution in [0.3, 0.4) is 0 Å². The van der Waals surface area contributed by atoms with Gasteiger partial charge in [0.05, 0.1) is 12.1 Å². The van der Waals surface area contributed by atoms with Gasteiger partial charge in [-0.15, -0.1) is 0 Å². The van der Waals surface area contributed by atoms with Crippen molar-refractivity contribution >= 4 is 12.1 Å². The third-order valence-corrected chi connectivity index (χ3v) is 3.65. The minimum absolute atomic E-state index is 0.144. The Morgan fingerprint density at radius 1 is 1.11 bits per heavy atom. The van der Waals surface area contributed by atoms with Crippen molar-refractivity contribution in [3.63, 3.8) is 0 Å². The summed E-state index contributed by atoms with van der Waals surface area (Å²) >= 11 is 0. The number of aryl methyl sites for hydroxylation is 1. The van der Waals surface area contributed by atoms with Gasteiger partial charge in [0.15, 0.2) is 0 Å². The molecule has 6 heteroatoms. The van der Waals surface area contributed by atoms with Gasteiger partial charge in [-0.05, 0) is 62.6 Å². The lowest BCUT2D eigenvalue weighted by Gasteiger charge is -2.19. The molecule has 6 nitrogen and oxygen atoms in total. The van der Waals surface area contributed by atoms with Crippen LogP contribution in [0.5, 0.6) is 5.75 Å². The molecule has 0 heterocycles. The molecule has 0 fully saturated rings. The number of carbonyl (C=O) groups excluding carboxylic acids is 1. The van der Waals surface area contributed by atoms with Crippen LogP contribution < -0.4 is 10.1 Å². The highest BCUT2D eigenvalue weighted by molar-refractivity contribution is 5.90. The van der Waals surface area contributed by atoms with E-state index >= 15 is 0 Å². The molecule has 0 unspecified atom stereocenters. The zero-order valence-electron chi connectivity index (χ0n) is 16.0. The third kappa shape index (κ3) is 6.33. The molecule has 0 radical (unpaired) electrons. The Kier molecular flexibility index (Phi) is 6.45. The molecule has 2 rings (SSSR count). The largest absolute Gasteiger partial charge is 0.492 e. The number of ether oxygens (including phenoxy) is 2. The number of carboxylic acids is 1. The van der Waals surface area contributed by atoms with Crippen LogP contribution in [0.4, 0.5) is 4.79 Å². The highest BCUT2D eigenvalue weighted by atomic mass is 16.6. The van der Waals surface area contributed by atoms with Crippen molar-refractivity contribution in [3.05, 3.63) is 53.6 Å². The summed E-state index contributed by atoms with van der Waals surface area (Å²) in [6, 6.07) is 12.6. The molecule has 0 aliphatic rings. The molecule has 0 aliphatic heterocycles. The van der Waals surface area contributed by atoms with Gasteiger partial charge in [0.25, 0.3) is 0 Å². The number of amides is 1. The quantitative estimate of drug-likeness (QED) is 0.741. The number of hydrogen-bond acceptors (Lipinski definition) is 4. The van der Waals surface area contributed by atoms with Crippen LogP contribution in [0.15, 0.2) is 42.5 Å². The molecule has 2 aromatic rings. The number of alkyl carbamates (subject to hydrolysis) is 1. The SMILES string of the molecule is Cc1ccccc1-c1cc(OCCNC(=O)OC(C)(C)C)cc(C(=O)O)c1. The number of carbonyl (C=O) groups is 2. The Balaban J connectivity index is 2.07. The average Bonchev–Trinajstić information content (AvgIpc) is 2.57. The first kappa shape index (κ1) is 20.3. The summed E-state index contributed by atoms with van der Waals surface area (Å²) in [5, 5.41) is 12.0. The van der Waals surface area contributed by atoms with E-state index in [1.54, 1.807) is 32.9 Å². The van der Waals surface area contributed by atoms with Crippen LogP contribution in [0.25, 0.3) is 11.1 Å². The molecule has 0 spiro atoms. The van der Waals surface area contributed by atoms with Crippen LogP contribution >= 0.6 is 0 Å². The van der Waals surface area contributed by atoms with E-state index in [1.165, 1.54) is 6.07 Å². The van der Waals surface area contributed by atoms with Crippen molar-refractivity contribution in [1.29, 1.82) is 0 Å². The van der Waals surface area contributed by atoms with Crippen molar-refractivity contribution < 1.29 is 24.2 Å². The van der Waals surface area contributed by atoms with Crippen LogP contribution in [0.2, 0.25) is 0 Å². The second kappa shape index (κ2) is 8.58. The minimum Gasteiger partial charge on any atom is -0.492 e. The minimum atomic E-state index is -1.03. The normalized spacial score (nSPS) is 11.0. The summed E-state index contributed by atoms with van der Waals surface area (Å²) in [6.07, 6.45) is -0.522. The molecule has 0 atom stereocenters. The molecule has 144 valence electrons. The zero-order valence-corrected chi connectivity index (χ0v) is 16.0. The zero-order chi connectivity index (χ0) is 20.0. The maximum absolute atomic E-state index is 11.6. The summed E-state index contributed by atoms with van der Waals surface area (Å²) < 4.78 is 10.8. The molecule has 0 saturated carbocycles. The Labute approximate surface area is 159 Å². The van der Waals surface area contributed by atoms with E-state index in [0.29, 0.717) is 5.75 Å². The summed E-state index contributed by atoms with van der Waals surface area (Å²) in [4.78, 5) is 23.1. The lowest BCUT2D eigenvalue weighted by atomic mass is 9.98. The van der Waals surface area contributed by atoms with Crippen LogP contribution in [0, 0.1) is 6.92 Å². The monoisotopic (exact) mass is 371 g/mol. The van der Waals surface area contributed by atoms with E-state index in [1.807, 2.05) is 31.2 Å². The molecule has 2 aromatic carbocycles. The number of aromatic carboxylic acids is 1. The van der Waals surface area contributed by atoms with Gasteiger partial charge in [0.2, 0.25) is 0 Å². The van der Waals surface area contributed by atoms with E-state index in [-0.39, 0.29) is 18.7 Å². The molecular weight excluding hydrogens is 346 g/mol. The molecule has 27 heavy (non-hydrogen) atoms. The Morgan fingerprint density at radius 3 is 2.44 bits per heavy atom. The van der Waals surface area contributed by atoms with Crippen molar-refractivity contribution in [1.82, 2.24) is 5.32 Å². The highest BCUT2D eigenvalue weighted by Crippen LogP contribution is 2.28. The molecule has 1 amide bonds. The molecule has 2 N–H and O–H groups in total. The number of benzene rings is 2. The van der Waals surface area contributed by atoms with Gasteiger partial charge >= 0.3 is 12.1 Å². The molecule has 0 saturated heterocycles. The Morgan fingerprint density at radius 2 is 1.81 bits per heavy atom. The lowest BCUT2D eigenvalue weighted by Crippen LogP contribution is -2.34. The Hall–Kier alpha value is -3.02. The summed E-state index contributed by atoms with van der Waals surface area (Å²) in [7, 11) is 0. The summed E-state index contributed by atoms with van der Waals surface area (Å²) in [5.41, 5.74) is 2.33. The molecule has 0 bridgehead atoms. The number of nitrogens with one attached hydrogen (secondary N) is 1. The van der Waals surface area contributed by atoms with Crippen LogP contribution in [-0.4, -0.2) is 35.9 Å². The maximum atomic E-state index is 11.6. The van der Waals surface area contributed by atoms with Gasteiger partial charge < -0.3 is 19.9 Å². The fourth-order valence-electron chi connectivity index (χ4n) is 2.49. The van der Waals surface area contributed by atoms with Crippen LogP contribution in [-0.2, 0) is 4.74 Å². The summed E-state index contributed by atoms with van der Waals surface area (Å²) in [5.74, 6) is -0.596. The maximum Gasteiger partial charge on any atom is 0.407 e. The first-order chi connectivity index (χ1) is 12.7. The standard InChI is InChI=1S/C21H25NO5/c1-14-7-5-6-8-18(14)15-11-16(19(23)24)13-17(12-15)26-10-9-22-20(25)27-21(2,3)4/h5-8,11-13H,9-10H2,1-4H3,(H,22,25)(H,23,24). The highest BCUT2D eigenvalue weighted by Gasteiger charge is 2.15. The van der Waals surface area contributed by atoms with E-state index in [4.69, 9.17) is 9.47 Å². The van der Waals surface area contributed by atoms with Gasteiger partial charge in [-0.3, -0.25) is 0 Å². The fraction of sp³-hybridized carbons (Fsp3) is 0.333. The van der Waals surface area contributed by atoms with E-state index in [2.05, 4.69) is 5.32 Å². The van der Waals surface area contributed by atoms with Crippen molar-refractivity contribution in [2.45, 2.75) is 33.3 Å². The molecular formula is C21H25NO5. The Bertz CT molecular complexity index is 824. The molecule has 0 aliphatic carbocycles. The first-order valence-corrected chi connectivity index (χ1v) is 8.70. The predicted octanol–water partition coefficient (Wildman–Crippen LogP) is 4.26. The smallest absolute Gasteiger partial charge is 0.407 e. The van der Waals surface area contributed by atoms with Crippen molar-refractivity contribution in [2.75, 3.05) is 13.2 Å². The second-order valence-corrected chi connectivity index (χ2v) is 7.14. The van der Waals surface area contributed by atoms with Crippen LogP contribution in [0.1, 0.15) is 36.7 Å². The van der Waals surface area contributed by atoms with Gasteiger partial charge in [-0.1, -0.05) is 24.3 Å². The number of carboxylic acid groups (broad SMARTS) is 1. The third-order valence-electron chi connectivity index (χ3n) is 3.65. The first-order valence-electron chi connectivity index (χ1n) is 8.70. The predicted molar refractivity (Wildman–Crippen MR) is 103 cm³/mol. The van der Waals surface area contributed by atoms with Crippen molar-refractivity contribution in [3.8, 4) is 16.9 Å². The van der Waals surface area contributed by atoms with Gasteiger partial charge in [0.1, 0.15) is 18.0 Å². The summed E-state index contributed by atoms with van der Waals surface area (Å²) in [6.45, 7) is 7.75. The van der Waals surface area contributed by atoms with Gasteiger partial charge in [0, 0.05) is 0 Å².